The highest BCUT2D eigenvalue weighted by Gasteiger charge is 2.30. The highest BCUT2D eigenvalue weighted by atomic mass is 15.0. The van der Waals surface area contributed by atoms with Crippen LogP contribution in [-0.4, -0.2) is 18.1 Å². The summed E-state index contributed by atoms with van der Waals surface area (Å²) in [5.41, 5.74) is 6.33. The minimum Gasteiger partial charge on any atom is -0.327 e. The number of rotatable bonds is 5. The summed E-state index contributed by atoms with van der Waals surface area (Å²) in [7, 11) is 0. The fourth-order valence-corrected chi connectivity index (χ4v) is 1.73. The maximum Gasteiger partial charge on any atom is 0.0165 e. The maximum absolute atomic E-state index is 5.91. The van der Waals surface area contributed by atoms with Crippen LogP contribution in [0.15, 0.2) is 0 Å². The molecule has 1 fully saturated rings. The van der Waals surface area contributed by atoms with Gasteiger partial charge >= 0.3 is 0 Å². The normalized spacial score (nSPS) is 23.2. The Morgan fingerprint density at radius 2 is 2.17 bits per heavy atom. The van der Waals surface area contributed by atoms with Gasteiger partial charge in [-0.15, -0.1) is 0 Å². The minimum absolute atomic E-state index is 0.354. The first-order valence-corrected chi connectivity index (χ1v) is 5.17. The predicted molar refractivity (Wildman–Crippen MR) is 53.1 cm³/mol. The van der Waals surface area contributed by atoms with Crippen LogP contribution >= 0.6 is 0 Å². The summed E-state index contributed by atoms with van der Waals surface area (Å²) < 4.78 is 0. The standard InChI is InChI=1S/C10H22N2/c1-3-5-9(11)8-12-10(2)6-4-7-10/h9,12H,3-8,11H2,1-2H3. The van der Waals surface area contributed by atoms with E-state index in [2.05, 4.69) is 19.2 Å². The third kappa shape index (κ3) is 2.76. The molecule has 72 valence electrons. The van der Waals surface area contributed by atoms with Gasteiger partial charge in [-0.2, -0.15) is 0 Å². The van der Waals surface area contributed by atoms with Gasteiger partial charge in [-0.25, -0.2) is 0 Å². The maximum atomic E-state index is 5.91. The lowest BCUT2D eigenvalue weighted by molar-refractivity contribution is 0.204. The summed E-state index contributed by atoms with van der Waals surface area (Å²) >= 11 is 0. The summed E-state index contributed by atoms with van der Waals surface area (Å²) in [5.74, 6) is 0. The lowest BCUT2D eigenvalue weighted by Gasteiger charge is -2.40. The highest BCUT2D eigenvalue weighted by molar-refractivity contribution is 4.92. The van der Waals surface area contributed by atoms with Gasteiger partial charge in [0.15, 0.2) is 0 Å². The van der Waals surface area contributed by atoms with Crippen molar-refractivity contribution in [2.24, 2.45) is 5.73 Å². The second-order valence-electron chi connectivity index (χ2n) is 4.34. The van der Waals surface area contributed by atoms with Crippen molar-refractivity contribution in [1.82, 2.24) is 5.32 Å². The molecule has 0 aromatic rings. The van der Waals surface area contributed by atoms with Gasteiger partial charge in [0.2, 0.25) is 0 Å². The van der Waals surface area contributed by atoms with Crippen LogP contribution in [0.5, 0.6) is 0 Å². The zero-order chi connectivity index (χ0) is 9.03. The van der Waals surface area contributed by atoms with Crippen LogP contribution in [0.2, 0.25) is 0 Å². The molecule has 0 aromatic carbocycles. The summed E-state index contributed by atoms with van der Waals surface area (Å²) in [6, 6.07) is 0.354. The zero-order valence-corrected chi connectivity index (χ0v) is 8.40. The fraction of sp³-hybridized carbons (Fsp3) is 1.00. The Hall–Kier alpha value is -0.0800. The van der Waals surface area contributed by atoms with Crippen LogP contribution in [0.4, 0.5) is 0 Å². The summed E-state index contributed by atoms with van der Waals surface area (Å²) in [6.07, 6.45) is 6.37. The molecule has 0 amide bonds. The third-order valence-corrected chi connectivity index (χ3v) is 2.91. The first-order chi connectivity index (χ1) is 5.66. The molecule has 0 spiro atoms. The molecule has 0 heterocycles. The van der Waals surface area contributed by atoms with Crippen molar-refractivity contribution in [3.63, 3.8) is 0 Å². The molecule has 1 saturated carbocycles. The zero-order valence-electron chi connectivity index (χ0n) is 8.40. The molecule has 2 nitrogen and oxygen atoms in total. The Kier molecular flexibility index (Phi) is 3.53. The molecular weight excluding hydrogens is 148 g/mol. The first kappa shape index (κ1) is 10.0. The Morgan fingerprint density at radius 3 is 2.58 bits per heavy atom. The van der Waals surface area contributed by atoms with Crippen molar-refractivity contribution >= 4 is 0 Å². The quantitative estimate of drug-likeness (QED) is 0.658. The van der Waals surface area contributed by atoms with Crippen LogP contribution < -0.4 is 11.1 Å². The second kappa shape index (κ2) is 4.24. The van der Waals surface area contributed by atoms with Gasteiger partial charge in [0.1, 0.15) is 0 Å². The van der Waals surface area contributed by atoms with E-state index in [4.69, 9.17) is 5.73 Å². The summed E-state index contributed by atoms with van der Waals surface area (Å²) in [5, 5.41) is 3.56. The van der Waals surface area contributed by atoms with E-state index in [1.165, 1.54) is 25.7 Å². The van der Waals surface area contributed by atoms with Gasteiger partial charge in [0, 0.05) is 18.1 Å². The topological polar surface area (TPSA) is 38.0 Å². The summed E-state index contributed by atoms with van der Waals surface area (Å²) in [6.45, 7) is 5.48. The van der Waals surface area contributed by atoms with Gasteiger partial charge in [0.25, 0.3) is 0 Å². The molecule has 1 rings (SSSR count). The van der Waals surface area contributed by atoms with E-state index in [0.717, 1.165) is 13.0 Å². The van der Waals surface area contributed by atoms with Gasteiger partial charge < -0.3 is 11.1 Å². The Balaban J connectivity index is 2.07. The van der Waals surface area contributed by atoms with Crippen molar-refractivity contribution in [2.75, 3.05) is 6.54 Å². The number of hydrogen-bond donors (Lipinski definition) is 2. The van der Waals surface area contributed by atoms with E-state index in [1.54, 1.807) is 0 Å². The van der Waals surface area contributed by atoms with E-state index < -0.39 is 0 Å². The molecule has 1 aliphatic rings. The van der Waals surface area contributed by atoms with Crippen LogP contribution in [-0.2, 0) is 0 Å². The van der Waals surface area contributed by atoms with E-state index in [0.29, 0.717) is 11.6 Å². The molecule has 1 aliphatic carbocycles. The molecule has 1 unspecified atom stereocenters. The fourth-order valence-electron chi connectivity index (χ4n) is 1.73. The molecule has 12 heavy (non-hydrogen) atoms. The van der Waals surface area contributed by atoms with Crippen LogP contribution in [0, 0.1) is 0 Å². The predicted octanol–water partition coefficient (Wildman–Crippen LogP) is 1.65. The number of nitrogens with two attached hydrogens (primary N) is 1. The molecule has 2 heteroatoms. The van der Waals surface area contributed by atoms with Gasteiger partial charge in [-0.3, -0.25) is 0 Å². The van der Waals surface area contributed by atoms with Crippen LogP contribution in [0.25, 0.3) is 0 Å². The minimum atomic E-state index is 0.354. The Labute approximate surface area is 75.9 Å². The third-order valence-electron chi connectivity index (χ3n) is 2.91. The van der Waals surface area contributed by atoms with Crippen LogP contribution in [0.1, 0.15) is 46.0 Å². The van der Waals surface area contributed by atoms with E-state index in [-0.39, 0.29) is 0 Å². The average Bonchev–Trinajstić information content (AvgIpc) is 1.98. The van der Waals surface area contributed by atoms with Crippen molar-refractivity contribution in [1.29, 1.82) is 0 Å². The van der Waals surface area contributed by atoms with Gasteiger partial charge in [-0.1, -0.05) is 13.3 Å². The van der Waals surface area contributed by atoms with E-state index in [9.17, 15) is 0 Å². The van der Waals surface area contributed by atoms with E-state index in [1.807, 2.05) is 0 Å². The molecule has 0 aliphatic heterocycles. The molecule has 0 bridgehead atoms. The Morgan fingerprint density at radius 1 is 1.50 bits per heavy atom. The first-order valence-electron chi connectivity index (χ1n) is 5.17. The lowest BCUT2D eigenvalue weighted by Crippen LogP contribution is -2.51. The molecule has 0 radical (unpaired) electrons. The summed E-state index contributed by atoms with van der Waals surface area (Å²) in [4.78, 5) is 0. The van der Waals surface area contributed by atoms with Gasteiger partial charge in [-0.05, 0) is 32.6 Å². The second-order valence-corrected chi connectivity index (χ2v) is 4.34. The van der Waals surface area contributed by atoms with Crippen molar-refractivity contribution in [3.8, 4) is 0 Å². The molecule has 0 saturated heterocycles. The lowest BCUT2D eigenvalue weighted by atomic mass is 9.78. The number of nitrogens with one attached hydrogen (secondary N) is 1. The van der Waals surface area contributed by atoms with Gasteiger partial charge in [0.05, 0.1) is 0 Å². The SMILES string of the molecule is CCCC(N)CNC1(C)CCC1. The molecule has 3 N–H and O–H groups in total. The Bertz CT molecular complexity index is 130. The molecule has 1 atom stereocenters. The van der Waals surface area contributed by atoms with Crippen LogP contribution in [0.3, 0.4) is 0 Å². The van der Waals surface area contributed by atoms with Crippen molar-refractivity contribution < 1.29 is 0 Å². The molecule has 0 aromatic heterocycles. The number of hydrogen-bond acceptors (Lipinski definition) is 2. The monoisotopic (exact) mass is 170 g/mol. The van der Waals surface area contributed by atoms with Crippen molar-refractivity contribution in [3.05, 3.63) is 0 Å². The smallest absolute Gasteiger partial charge is 0.0165 e. The molecular formula is C10H22N2. The largest absolute Gasteiger partial charge is 0.327 e. The highest BCUT2D eigenvalue weighted by Crippen LogP contribution is 2.30. The average molecular weight is 170 g/mol. The van der Waals surface area contributed by atoms with Crippen molar-refractivity contribution in [2.45, 2.75) is 57.5 Å². The van der Waals surface area contributed by atoms with E-state index >= 15 is 0 Å².